The number of piperidine rings is 1. The Bertz CT molecular complexity index is 127. The van der Waals surface area contributed by atoms with E-state index >= 15 is 0 Å². The molecule has 0 atom stereocenters. The number of rotatable bonds is 1. The average Bonchev–Trinajstić information content (AvgIpc) is 1.94. The fourth-order valence-corrected chi connectivity index (χ4v) is 1.48. The van der Waals surface area contributed by atoms with Crippen LogP contribution in [0.1, 0.15) is 32.6 Å². The molecule has 58 valence electrons. The maximum atomic E-state index is 2.38. The number of allylic oxidation sites excluding steroid dienone is 2. The van der Waals surface area contributed by atoms with Gasteiger partial charge in [0.2, 0.25) is 0 Å². The third-order valence-electron chi connectivity index (χ3n) is 2.11. The van der Waals surface area contributed by atoms with Gasteiger partial charge in [-0.1, -0.05) is 13.0 Å². The van der Waals surface area contributed by atoms with E-state index in [9.17, 15) is 0 Å². The highest BCUT2D eigenvalue weighted by Crippen LogP contribution is 2.18. The summed E-state index contributed by atoms with van der Waals surface area (Å²) in [6.45, 7) is 3.46. The molecule has 1 saturated heterocycles. The van der Waals surface area contributed by atoms with Crippen LogP contribution in [0.5, 0.6) is 0 Å². The maximum Gasteiger partial charge on any atom is 0.0171 e. The zero-order chi connectivity index (χ0) is 7.40. The van der Waals surface area contributed by atoms with Gasteiger partial charge < -0.3 is 4.90 Å². The van der Waals surface area contributed by atoms with E-state index < -0.39 is 0 Å². The second-order valence-electron chi connectivity index (χ2n) is 2.98. The van der Waals surface area contributed by atoms with Crippen molar-refractivity contribution in [2.24, 2.45) is 0 Å². The van der Waals surface area contributed by atoms with Crippen LogP contribution in [-0.2, 0) is 0 Å². The highest BCUT2D eigenvalue weighted by Gasteiger charge is 2.08. The lowest BCUT2D eigenvalue weighted by Gasteiger charge is -2.27. The smallest absolute Gasteiger partial charge is 0.0171 e. The largest absolute Gasteiger partial charge is 0.378 e. The molecule has 1 nitrogen and oxygen atoms in total. The van der Waals surface area contributed by atoms with E-state index in [1.165, 1.54) is 32.2 Å². The van der Waals surface area contributed by atoms with Crippen molar-refractivity contribution < 1.29 is 0 Å². The van der Waals surface area contributed by atoms with Crippen LogP contribution in [0.2, 0.25) is 0 Å². The van der Waals surface area contributed by atoms with Crippen LogP contribution in [0.3, 0.4) is 0 Å². The summed E-state index contributed by atoms with van der Waals surface area (Å²) in [5, 5.41) is 0. The maximum absolute atomic E-state index is 2.38. The second-order valence-corrected chi connectivity index (χ2v) is 2.98. The fourth-order valence-electron chi connectivity index (χ4n) is 1.48. The van der Waals surface area contributed by atoms with Gasteiger partial charge in [0.05, 0.1) is 0 Å². The van der Waals surface area contributed by atoms with Crippen molar-refractivity contribution in [1.82, 2.24) is 4.90 Å². The molecule has 1 rings (SSSR count). The summed E-state index contributed by atoms with van der Waals surface area (Å²) >= 11 is 0. The molecule has 10 heavy (non-hydrogen) atoms. The van der Waals surface area contributed by atoms with Crippen LogP contribution in [0.15, 0.2) is 11.8 Å². The first kappa shape index (κ1) is 7.64. The molecular formula is C9H17N. The normalized spacial score (nSPS) is 23.8. The van der Waals surface area contributed by atoms with Crippen LogP contribution in [0.4, 0.5) is 0 Å². The van der Waals surface area contributed by atoms with Gasteiger partial charge in [0, 0.05) is 19.3 Å². The van der Waals surface area contributed by atoms with E-state index in [1.807, 2.05) is 0 Å². The Kier molecular flexibility index (Phi) is 2.79. The first-order valence-corrected chi connectivity index (χ1v) is 4.24. The molecule has 0 aromatic rings. The van der Waals surface area contributed by atoms with Gasteiger partial charge in [-0.15, -0.1) is 0 Å². The molecule has 0 radical (unpaired) electrons. The zero-order valence-electron chi connectivity index (χ0n) is 7.06. The number of likely N-dealkylation sites (tertiary alicyclic amines) is 1. The molecule has 0 spiro atoms. The van der Waals surface area contributed by atoms with Gasteiger partial charge >= 0.3 is 0 Å². The molecule has 1 heterocycles. The van der Waals surface area contributed by atoms with E-state index in [1.54, 1.807) is 5.70 Å². The zero-order valence-corrected chi connectivity index (χ0v) is 7.06. The van der Waals surface area contributed by atoms with Gasteiger partial charge in [0.15, 0.2) is 0 Å². The molecule has 1 fully saturated rings. The van der Waals surface area contributed by atoms with Gasteiger partial charge in [-0.2, -0.15) is 0 Å². The van der Waals surface area contributed by atoms with Crippen molar-refractivity contribution in [2.45, 2.75) is 32.6 Å². The Labute approximate surface area is 63.7 Å². The van der Waals surface area contributed by atoms with E-state index in [0.29, 0.717) is 0 Å². The van der Waals surface area contributed by atoms with Crippen molar-refractivity contribution in [1.29, 1.82) is 0 Å². The molecule has 0 aromatic heterocycles. The van der Waals surface area contributed by atoms with Crippen molar-refractivity contribution in [3.8, 4) is 0 Å². The molecule has 0 aliphatic carbocycles. The molecule has 1 aliphatic rings. The van der Waals surface area contributed by atoms with Gasteiger partial charge in [-0.3, -0.25) is 0 Å². The number of hydrogen-bond donors (Lipinski definition) is 0. The lowest BCUT2D eigenvalue weighted by atomic mass is 10.1. The van der Waals surface area contributed by atoms with E-state index in [-0.39, 0.29) is 0 Å². The lowest BCUT2D eigenvalue weighted by molar-refractivity contribution is 0.343. The van der Waals surface area contributed by atoms with Gasteiger partial charge in [-0.25, -0.2) is 0 Å². The van der Waals surface area contributed by atoms with Crippen molar-refractivity contribution >= 4 is 0 Å². The van der Waals surface area contributed by atoms with E-state index in [4.69, 9.17) is 0 Å². The quantitative estimate of drug-likeness (QED) is 0.539. The molecule has 0 unspecified atom stereocenters. The van der Waals surface area contributed by atoms with Crippen LogP contribution < -0.4 is 0 Å². The van der Waals surface area contributed by atoms with Crippen molar-refractivity contribution in [2.75, 3.05) is 13.6 Å². The second kappa shape index (κ2) is 3.65. The molecule has 0 saturated carbocycles. The molecular weight excluding hydrogens is 122 g/mol. The third kappa shape index (κ3) is 1.76. The van der Waals surface area contributed by atoms with Gasteiger partial charge in [0.1, 0.15) is 0 Å². The Balaban J connectivity index is 2.47. The van der Waals surface area contributed by atoms with Gasteiger partial charge in [-0.05, 0) is 25.7 Å². The standard InChI is InChI=1S/C9H17N/c1-3-6-9-7-4-5-8-10(9)2/h6H,3-5,7-8H2,1-2H3. The highest BCUT2D eigenvalue weighted by atomic mass is 15.1. The molecule has 0 N–H and O–H groups in total. The summed E-state index contributed by atoms with van der Waals surface area (Å²) in [6, 6.07) is 0. The summed E-state index contributed by atoms with van der Waals surface area (Å²) < 4.78 is 0. The monoisotopic (exact) mass is 139 g/mol. The fraction of sp³-hybridized carbons (Fsp3) is 0.778. The lowest BCUT2D eigenvalue weighted by Crippen LogP contribution is -2.23. The summed E-state index contributed by atoms with van der Waals surface area (Å²) in [5.74, 6) is 0. The topological polar surface area (TPSA) is 3.24 Å². The van der Waals surface area contributed by atoms with Gasteiger partial charge in [0.25, 0.3) is 0 Å². The van der Waals surface area contributed by atoms with Crippen LogP contribution in [0, 0.1) is 0 Å². The molecule has 0 bridgehead atoms. The predicted molar refractivity (Wildman–Crippen MR) is 44.9 cm³/mol. The van der Waals surface area contributed by atoms with E-state index in [0.717, 1.165) is 0 Å². The summed E-state index contributed by atoms with van der Waals surface area (Å²) in [5.41, 5.74) is 1.55. The van der Waals surface area contributed by atoms with Crippen LogP contribution in [-0.4, -0.2) is 18.5 Å². The Morgan fingerprint density at radius 2 is 2.30 bits per heavy atom. The minimum absolute atomic E-state index is 1.18. The third-order valence-corrected chi connectivity index (χ3v) is 2.11. The Morgan fingerprint density at radius 1 is 1.50 bits per heavy atom. The average molecular weight is 139 g/mol. The van der Waals surface area contributed by atoms with E-state index in [2.05, 4.69) is 24.9 Å². The SMILES string of the molecule is CCC=C1CCCCN1C. The molecule has 0 aromatic carbocycles. The van der Waals surface area contributed by atoms with Crippen LogP contribution >= 0.6 is 0 Å². The number of nitrogens with zero attached hydrogens (tertiary/aromatic N) is 1. The van der Waals surface area contributed by atoms with Crippen LogP contribution in [0.25, 0.3) is 0 Å². The number of hydrogen-bond acceptors (Lipinski definition) is 1. The summed E-state index contributed by atoms with van der Waals surface area (Å²) in [6.07, 6.45) is 7.58. The first-order valence-electron chi connectivity index (χ1n) is 4.24. The Hall–Kier alpha value is -0.460. The molecule has 1 heteroatoms. The summed E-state index contributed by atoms with van der Waals surface area (Å²) in [7, 11) is 2.20. The minimum atomic E-state index is 1.18. The highest BCUT2D eigenvalue weighted by molar-refractivity contribution is 5.02. The molecule has 1 aliphatic heterocycles. The first-order chi connectivity index (χ1) is 4.84. The predicted octanol–water partition coefficient (Wildman–Crippen LogP) is 2.40. The van der Waals surface area contributed by atoms with Crippen molar-refractivity contribution in [3.63, 3.8) is 0 Å². The Morgan fingerprint density at radius 3 is 2.90 bits per heavy atom. The van der Waals surface area contributed by atoms with Crippen molar-refractivity contribution in [3.05, 3.63) is 11.8 Å². The molecule has 0 amide bonds. The summed E-state index contributed by atoms with van der Waals surface area (Å²) in [4.78, 5) is 2.38. The minimum Gasteiger partial charge on any atom is -0.378 e.